The van der Waals surface area contributed by atoms with Crippen molar-refractivity contribution in [3.8, 4) is 0 Å². The summed E-state index contributed by atoms with van der Waals surface area (Å²) in [5.41, 5.74) is 0.548. The number of rotatable bonds is 8. The first-order chi connectivity index (χ1) is 14.8. The maximum atomic E-state index is 12.9. The first-order valence-electron chi connectivity index (χ1n) is 10.5. The van der Waals surface area contributed by atoms with E-state index in [9.17, 15) is 18.0 Å². The van der Waals surface area contributed by atoms with Crippen molar-refractivity contribution < 1.29 is 18.0 Å². The van der Waals surface area contributed by atoms with Crippen molar-refractivity contribution in [1.82, 2.24) is 9.62 Å². The number of carbonyl (C=O) groups is 2. The predicted molar refractivity (Wildman–Crippen MR) is 123 cm³/mol. The molecule has 1 saturated heterocycles. The molecule has 3 rings (SSSR count). The summed E-state index contributed by atoms with van der Waals surface area (Å²) in [7, 11) is -3.54. The summed E-state index contributed by atoms with van der Waals surface area (Å²) in [5.74, 6) is 0.365. The summed E-state index contributed by atoms with van der Waals surface area (Å²) in [6.45, 7) is 5.63. The van der Waals surface area contributed by atoms with E-state index in [1.54, 1.807) is 22.5 Å². The lowest BCUT2D eigenvalue weighted by Gasteiger charge is -2.34. The molecule has 1 aliphatic heterocycles. The van der Waals surface area contributed by atoms with Crippen molar-refractivity contribution in [3.05, 3.63) is 46.7 Å². The summed E-state index contributed by atoms with van der Waals surface area (Å²) >= 11 is 1.37. The van der Waals surface area contributed by atoms with Crippen molar-refractivity contribution in [2.24, 2.45) is 11.8 Å². The van der Waals surface area contributed by atoms with Crippen molar-refractivity contribution in [2.45, 2.75) is 38.0 Å². The van der Waals surface area contributed by atoms with Crippen LogP contribution in [0.4, 0.5) is 5.69 Å². The first-order valence-corrected chi connectivity index (χ1v) is 12.8. The van der Waals surface area contributed by atoms with Gasteiger partial charge in [-0.05, 0) is 60.4 Å². The predicted octanol–water partition coefficient (Wildman–Crippen LogP) is 3.56. The van der Waals surface area contributed by atoms with Crippen LogP contribution in [0.25, 0.3) is 0 Å². The molecule has 1 aromatic heterocycles. The molecule has 168 valence electrons. The van der Waals surface area contributed by atoms with Gasteiger partial charge in [-0.2, -0.15) is 4.31 Å². The Morgan fingerprint density at radius 3 is 2.39 bits per heavy atom. The van der Waals surface area contributed by atoms with E-state index in [0.717, 1.165) is 6.42 Å². The number of nitrogens with zero attached hydrogens (tertiary/aromatic N) is 1. The highest BCUT2D eigenvalue weighted by molar-refractivity contribution is 7.89. The van der Waals surface area contributed by atoms with Crippen LogP contribution in [-0.2, 0) is 14.8 Å². The third-order valence-corrected chi connectivity index (χ3v) is 7.94. The quantitative estimate of drug-likeness (QED) is 0.585. The van der Waals surface area contributed by atoms with Gasteiger partial charge < -0.3 is 10.6 Å². The molecule has 0 spiro atoms. The fourth-order valence-electron chi connectivity index (χ4n) is 3.83. The molecule has 1 aliphatic rings. The third-order valence-electron chi connectivity index (χ3n) is 5.22. The number of piperidine rings is 1. The summed E-state index contributed by atoms with van der Waals surface area (Å²) in [4.78, 5) is 24.9. The lowest BCUT2D eigenvalue weighted by molar-refractivity contribution is -0.116. The molecule has 31 heavy (non-hydrogen) atoms. The number of benzene rings is 1. The summed E-state index contributed by atoms with van der Waals surface area (Å²) in [6.07, 6.45) is 1.81. The molecule has 9 heteroatoms. The maximum Gasteiger partial charge on any atom is 0.261 e. The van der Waals surface area contributed by atoms with Crippen LogP contribution in [0.2, 0.25) is 0 Å². The van der Waals surface area contributed by atoms with E-state index in [1.165, 1.54) is 23.5 Å². The van der Waals surface area contributed by atoms with Gasteiger partial charge >= 0.3 is 0 Å². The van der Waals surface area contributed by atoms with Gasteiger partial charge in [-0.15, -0.1) is 11.3 Å². The van der Waals surface area contributed by atoms with E-state index in [-0.39, 0.29) is 23.1 Å². The molecule has 1 fully saturated rings. The van der Waals surface area contributed by atoms with Gasteiger partial charge in [0, 0.05) is 31.7 Å². The zero-order valence-electron chi connectivity index (χ0n) is 17.8. The van der Waals surface area contributed by atoms with Crippen molar-refractivity contribution >= 4 is 38.9 Å². The topological polar surface area (TPSA) is 95.6 Å². The Hall–Kier alpha value is -2.23. The molecular formula is C22H29N3O4S2. The molecule has 2 atom stereocenters. The standard InChI is InChI=1S/C22H29N3O4S2/c1-16-13-17(2)15-25(14-16)31(28,29)19-9-7-18(8-10-19)24-21(26)6-3-11-23-22(27)20-5-4-12-30-20/h4-5,7-10,12,16-17H,3,6,11,13-15H2,1-2H3,(H,23,27)(H,24,26). The summed E-state index contributed by atoms with van der Waals surface area (Å²) in [5, 5.41) is 7.40. The van der Waals surface area contributed by atoms with Crippen LogP contribution >= 0.6 is 11.3 Å². The average Bonchev–Trinajstić information content (AvgIpc) is 3.26. The number of amides is 2. The lowest BCUT2D eigenvalue weighted by Crippen LogP contribution is -2.42. The zero-order valence-corrected chi connectivity index (χ0v) is 19.5. The molecule has 7 nitrogen and oxygen atoms in total. The number of anilines is 1. The van der Waals surface area contributed by atoms with Gasteiger partial charge in [0.1, 0.15) is 0 Å². The normalized spacial score (nSPS) is 19.7. The Kier molecular flexibility index (Phi) is 7.85. The van der Waals surface area contributed by atoms with Crippen molar-refractivity contribution in [3.63, 3.8) is 0 Å². The number of thiophene rings is 1. The van der Waals surface area contributed by atoms with Gasteiger partial charge in [0.2, 0.25) is 15.9 Å². The van der Waals surface area contributed by atoms with Crippen molar-refractivity contribution in [2.75, 3.05) is 25.0 Å². The Morgan fingerprint density at radius 2 is 1.77 bits per heavy atom. The van der Waals surface area contributed by atoms with E-state index >= 15 is 0 Å². The van der Waals surface area contributed by atoms with Crippen LogP contribution in [0.3, 0.4) is 0 Å². The van der Waals surface area contributed by atoms with Gasteiger partial charge in [0.15, 0.2) is 0 Å². The van der Waals surface area contributed by atoms with Gasteiger partial charge in [0.05, 0.1) is 9.77 Å². The molecule has 2 amide bonds. The lowest BCUT2D eigenvalue weighted by atomic mass is 9.94. The minimum atomic E-state index is -3.54. The number of sulfonamides is 1. The Labute approximate surface area is 187 Å². The van der Waals surface area contributed by atoms with E-state index in [4.69, 9.17) is 0 Å². The minimum absolute atomic E-state index is 0.135. The van der Waals surface area contributed by atoms with Crippen molar-refractivity contribution in [1.29, 1.82) is 0 Å². The highest BCUT2D eigenvalue weighted by Gasteiger charge is 2.31. The number of hydrogen-bond donors (Lipinski definition) is 2. The molecular weight excluding hydrogens is 434 g/mol. The molecule has 1 aromatic carbocycles. The average molecular weight is 464 g/mol. The minimum Gasteiger partial charge on any atom is -0.351 e. The van der Waals surface area contributed by atoms with Crippen LogP contribution < -0.4 is 10.6 Å². The first kappa shape index (κ1) is 23.4. The Bertz CT molecular complexity index is 978. The van der Waals surface area contributed by atoms with Crippen LogP contribution in [-0.4, -0.2) is 44.2 Å². The van der Waals surface area contributed by atoms with Gasteiger partial charge in [-0.1, -0.05) is 19.9 Å². The molecule has 0 aliphatic carbocycles. The maximum absolute atomic E-state index is 12.9. The molecule has 2 unspecified atom stereocenters. The molecule has 0 bridgehead atoms. The van der Waals surface area contributed by atoms with E-state index in [2.05, 4.69) is 24.5 Å². The molecule has 2 N–H and O–H groups in total. The van der Waals surface area contributed by atoms with Crippen LogP contribution in [0, 0.1) is 11.8 Å². The third kappa shape index (κ3) is 6.38. The number of carbonyl (C=O) groups excluding carboxylic acids is 2. The Morgan fingerprint density at radius 1 is 1.10 bits per heavy atom. The summed E-state index contributed by atoms with van der Waals surface area (Å²) < 4.78 is 27.4. The van der Waals surface area contributed by atoms with E-state index < -0.39 is 10.0 Å². The second-order valence-corrected chi connectivity index (χ2v) is 11.1. The van der Waals surface area contributed by atoms with E-state index in [0.29, 0.717) is 48.5 Å². The smallest absolute Gasteiger partial charge is 0.261 e. The second-order valence-electron chi connectivity index (χ2n) is 8.18. The molecule has 2 aromatic rings. The Balaban J connectivity index is 1.47. The van der Waals surface area contributed by atoms with Gasteiger partial charge in [-0.3, -0.25) is 9.59 Å². The van der Waals surface area contributed by atoms with Crippen LogP contribution in [0.5, 0.6) is 0 Å². The van der Waals surface area contributed by atoms with Crippen LogP contribution in [0.1, 0.15) is 42.8 Å². The number of hydrogen-bond acceptors (Lipinski definition) is 5. The van der Waals surface area contributed by atoms with Crippen LogP contribution in [0.15, 0.2) is 46.7 Å². The highest BCUT2D eigenvalue weighted by Crippen LogP contribution is 2.27. The fourth-order valence-corrected chi connectivity index (χ4v) is 6.15. The monoisotopic (exact) mass is 463 g/mol. The SMILES string of the molecule is CC1CC(C)CN(S(=O)(=O)c2ccc(NC(=O)CCCNC(=O)c3cccs3)cc2)C1. The summed E-state index contributed by atoms with van der Waals surface area (Å²) in [6, 6.07) is 9.87. The molecule has 0 radical (unpaired) electrons. The fraction of sp³-hybridized carbons (Fsp3) is 0.455. The van der Waals surface area contributed by atoms with E-state index in [1.807, 2.05) is 11.4 Å². The zero-order chi connectivity index (χ0) is 22.4. The molecule has 2 heterocycles. The largest absolute Gasteiger partial charge is 0.351 e. The highest BCUT2D eigenvalue weighted by atomic mass is 32.2. The van der Waals surface area contributed by atoms with Gasteiger partial charge in [-0.25, -0.2) is 8.42 Å². The molecule has 0 saturated carbocycles. The number of nitrogens with one attached hydrogen (secondary N) is 2. The second kappa shape index (κ2) is 10.4. The van der Waals surface area contributed by atoms with Gasteiger partial charge in [0.25, 0.3) is 5.91 Å².